The maximum absolute atomic E-state index is 11.8. The molecule has 5 nitrogen and oxygen atoms in total. The van der Waals surface area contributed by atoms with Crippen LogP contribution in [0.25, 0.3) is 0 Å². The molecular weight excluding hydrogens is 328 g/mol. The van der Waals surface area contributed by atoms with Crippen molar-refractivity contribution in [1.82, 2.24) is 5.32 Å². The molecule has 1 aliphatic carbocycles. The van der Waals surface area contributed by atoms with Crippen molar-refractivity contribution in [3.05, 3.63) is 74.3 Å². The van der Waals surface area contributed by atoms with Gasteiger partial charge in [-0.3, -0.25) is 14.9 Å². The van der Waals surface area contributed by atoms with Crippen LogP contribution >= 0.6 is 11.6 Å². The Hall–Kier alpha value is -2.40. The zero-order valence-electron chi connectivity index (χ0n) is 12.7. The Morgan fingerprint density at radius 2 is 1.92 bits per heavy atom. The topological polar surface area (TPSA) is 72.2 Å². The molecule has 4 rings (SSSR count). The van der Waals surface area contributed by atoms with Gasteiger partial charge in [0.1, 0.15) is 5.02 Å². The van der Waals surface area contributed by atoms with Crippen LogP contribution in [-0.2, 0) is 4.79 Å². The molecule has 1 fully saturated rings. The number of rotatable bonds is 2. The lowest BCUT2D eigenvalue weighted by Gasteiger charge is -2.30. The summed E-state index contributed by atoms with van der Waals surface area (Å²) in [4.78, 5) is 22.6. The van der Waals surface area contributed by atoms with E-state index in [4.69, 9.17) is 11.6 Å². The van der Waals surface area contributed by atoms with Crippen molar-refractivity contribution in [2.24, 2.45) is 5.92 Å². The molecule has 1 aliphatic heterocycles. The van der Waals surface area contributed by atoms with Crippen LogP contribution in [0.4, 0.5) is 5.69 Å². The molecule has 2 aromatic carbocycles. The Labute approximate surface area is 143 Å². The van der Waals surface area contributed by atoms with E-state index in [0.717, 1.165) is 23.1 Å². The fraction of sp³-hybridized carbons (Fsp3) is 0.278. The lowest BCUT2D eigenvalue weighted by Crippen LogP contribution is -2.37. The molecule has 3 atom stereocenters. The molecular formula is C18H15ClN2O3. The summed E-state index contributed by atoms with van der Waals surface area (Å²) in [6.07, 6.45) is 1.26. The zero-order valence-corrected chi connectivity index (χ0v) is 13.5. The molecule has 1 N–H and O–H groups in total. The van der Waals surface area contributed by atoms with E-state index in [-0.39, 0.29) is 34.5 Å². The number of nitro benzene ring substituents is 1. The van der Waals surface area contributed by atoms with Crippen LogP contribution in [0.1, 0.15) is 41.5 Å². The van der Waals surface area contributed by atoms with Crippen molar-refractivity contribution >= 4 is 23.2 Å². The maximum Gasteiger partial charge on any atom is 0.288 e. The summed E-state index contributed by atoms with van der Waals surface area (Å²) in [5.41, 5.74) is 3.04. The van der Waals surface area contributed by atoms with Gasteiger partial charge >= 0.3 is 0 Å². The number of hydrogen-bond acceptors (Lipinski definition) is 3. The highest BCUT2D eigenvalue weighted by molar-refractivity contribution is 6.32. The molecule has 2 aromatic rings. The Morgan fingerprint density at radius 1 is 1.17 bits per heavy atom. The Kier molecular flexibility index (Phi) is 3.53. The molecule has 2 aliphatic rings. The van der Waals surface area contributed by atoms with Crippen LogP contribution in [0, 0.1) is 16.0 Å². The first-order valence-electron chi connectivity index (χ1n) is 7.88. The third-order valence-electron chi connectivity index (χ3n) is 5.07. The fourth-order valence-corrected chi connectivity index (χ4v) is 4.27. The monoisotopic (exact) mass is 342 g/mol. The van der Waals surface area contributed by atoms with E-state index in [1.165, 1.54) is 0 Å². The highest BCUT2D eigenvalue weighted by atomic mass is 35.5. The lowest BCUT2D eigenvalue weighted by atomic mass is 9.80. The van der Waals surface area contributed by atoms with Crippen LogP contribution in [0.2, 0.25) is 5.02 Å². The Bertz CT molecular complexity index is 852. The van der Waals surface area contributed by atoms with E-state index < -0.39 is 4.92 Å². The fourth-order valence-electron chi connectivity index (χ4n) is 4.08. The van der Waals surface area contributed by atoms with E-state index in [9.17, 15) is 14.9 Å². The minimum absolute atomic E-state index is 0.0258. The number of carbonyl (C=O) groups excluding carboxylic acids is 1. The average Bonchev–Trinajstić information content (AvgIpc) is 2.89. The molecule has 6 heteroatoms. The molecule has 3 unspecified atom stereocenters. The highest BCUT2D eigenvalue weighted by Crippen LogP contribution is 2.52. The summed E-state index contributed by atoms with van der Waals surface area (Å²) in [6, 6.07) is 13.0. The van der Waals surface area contributed by atoms with Gasteiger partial charge in [0.2, 0.25) is 5.91 Å². The van der Waals surface area contributed by atoms with E-state index in [1.54, 1.807) is 12.1 Å². The van der Waals surface area contributed by atoms with Gasteiger partial charge in [-0.2, -0.15) is 0 Å². The number of carbonyl (C=O) groups is 1. The van der Waals surface area contributed by atoms with Gasteiger partial charge in [0.25, 0.3) is 5.69 Å². The van der Waals surface area contributed by atoms with Gasteiger partial charge in [-0.05, 0) is 35.1 Å². The lowest BCUT2D eigenvalue weighted by molar-refractivity contribution is -0.384. The maximum atomic E-state index is 11.8. The summed E-state index contributed by atoms with van der Waals surface area (Å²) >= 11 is 5.96. The van der Waals surface area contributed by atoms with Gasteiger partial charge in [0.15, 0.2) is 0 Å². The summed E-state index contributed by atoms with van der Waals surface area (Å²) in [5, 5.41) is 14.5. The van der Waals surface area contributed by atoms with Crippen molar-refractivity contribution in [1.29, 1.82) is 0 Å². The third kappa shape index (κ3) is 2.27. The molecule has 1 amide bonds. The quantitative estimate of drug-likeness (QED) is 0.663. The highest BCUT2D eigenvalue weighted by Gasteiger charge is 2.44. The van der Waals surface area contributed by atoms with Gasteiger partial charge in [0, 0.05) is 18.4 Å². The van der Waals surface area contributed by atoms with Crippen molar-refractivity contribution < 1.29 is 9.72 Å². The number of hydrogen-bond donors (Lipinski definition) is 1. The molecule has 0 radical (unpaired) electrons. The summed E-state index contributed by atoms with van der Waals surface area (Å²) < 4.78 is 0. The Morgan fingerprint density at radius 3 is 2.67 bits per heavy atom. The van der Waals surface area contributed by atoms with E-state index in [0.29, 0.717) is 6.42 Å². The van der Waals surface area contributed by atoms with Crippen molar-refractivity contribution in [2.75, 3.05) is 0 Å². The van der Waals surface area contributed by atoms with Crippen LogP contribution < -0.4 is 5.32 Å². The number of halogens is 1. The molecule has 1 saturated heterocycles. The number of nitro groups is 1. The molecule has 1 heterocycles. The zero-order chi connectivity index (χ0) is 16.8. The number of benzene rings is 2. The smallest absolute Gasteiger partial charge is 0.288 e. The normalized spacial score (nSPS) is 24.9. The second kappa shape index (κ2) is 5.60. The summed E-state index contributed by atoms with van der Waals surface area (Å²) in [6.45, 7) is 0. The van der Waals surface area contributed by atoms with Crippen LogP contribution in [-0.4, -0.2) is 10.8 Å². The van der Waals surface area contributed by atoms with Crippen LogP contribution in [0.5, 0.6) is 0 Å². The van der Waals surface area contributed by atoms with Gasteiger partial charge in [-0.1, -0.05) is 41.9 Å². The Balaban J connectivity index is 1.84. The van der Waals surface area contributed by atoms with Crippen molar-refractivity contribution in [3.8, 4) is 0 Å². The van der Waals surface area contributed by atoms with Gasteiger partial charge < -0.3 is 5.32 Å². The summed E-state index contributed by atoms with van der Waals surface area (Å²) in [5.74, 6) is 0.303. The van der Waals surface area contributed by atoms with Gasteiger partial charge in [-0.25, -0.2) is 0 Å². The van der Waals surface area contributed by atoms with E-state index in [1.807, 2.05) is 30.3 Å². The predicted molar refractivity (Wildman–Crippen MR) is 90.0 cm³/mol. The molecule has 0 spiro atoms. The second-order valence-electron chi connectivity index (χ2n) is 6.32. The minimum atomic E-state index is -0.452. The SMILES string of the molecule is O=C1CCC2C(N1)c1ccccc1C2c1ccc(Cl)c([N+](=O)[O-])c1. The number of amides is 1. The first-order valence-corrected chi connectivity index (χ1v) is 8.26. The number of nitrogens with one attached hydrogen (secondary N) is 1. The predicted octanol–water partition coefficient (Wildman–Crippen LogP) is 3.96. The first-order chi connectivity index (χ1) is 11.6. The summed E-state index contributed by atoms with van der Waals surface area (Å²) in [7, 11) is 0. The average molecular weight is 343 g/mol. The molecule has 0 saturated carbocycles. The van der Waals surface area contributed by atoms with Crippen molar-refractivity contribution in [3.63, 3.8) is 0 Å². The van der Waals surface area contributed by atoms with E-state index >= 15 is 0 Å². The molecule has 122 valence electrons. The van der Waals surface area contributed by atoms with Gasteiger partial charge in [0.05, 0.1) is 11.0 Å². The number of fused-ring (bicyclic) bond motifs is 3. The van der Waals surface area contributed by atoms with Crippen LogP contribution in [0.3, 0.4) is 0 Å². The second-order valence-corrected chi connectivity index (χ2v) is 6.73. The molecule has 0 aromatic heterocycles. The standard InChI is InChI=1S/C18H15ClN2O3/c19-14-7-5-10(9-15(14)21(23)24)17-11-3-1-2-4-12(11)18-13(17)6-8-16(22)20-18/h1-5,7,9,13,17-18H,6,8H2,(H,20,22). The molecule has 24 heavy (non-hydrogen) atoms. The first kappa shape index (κ1) is 15.1. The third-order valence-corrected chi connectivity index (χ3v) is 5.39. The molecule has 0 bridgehead atoms. The van der Waals surface area contributed by atoms with Crippen molar-refractivity contribution in [2.45, 2.75) is 24.8 Å². The minimum Gasteiger partial charge on any atom is -0.349 e. The number of nitrogens with zero attached hydrogens (tertiary/aromatic N) is 1. The largest absolute Gasteiger partial charge is 0.349 e. The van der Waals surface area contributed by atoms with Gasteiger partial charge in [-0.15, -0.1) is 0 Å². The van der Waals surface area contributed by atoms with E-state index in [2.05, 4.69) is 5.32 Å². The van der Waals surface area contributed by atoms with Crippen LogP contribution in [0.15, 0.2) is 42.5 Å². The number of piperidine rings is 1.